The minimum Gasteiger partial charge on any atom is -0.478 e. The molecule has 4 aromatic rings. The highest BCUT2D eigenvalue weighted by Crippen LogP contribution is 2.28. The Balaban J connectivity index is 1.42. The molecule has 37 heavy (non-hydrogen) atoms. The van der Waals surface area contributed by atoms with Gasteiger partial charge in [-0.15, -0.1) is 0 Å². The van der Waals surface area contributed by atoms with E-state index in [-0.39, 0.29) is 18.4 Å². The van der Waals surface area contributed by atoms with Gasteiger partial charge in [0, 0.05) is 5.39 Å². The van der Waals surface area contributed by atoms with Crippen molar-refractivity contribution in [2.75, 3.05) is 6.61 Å². The lowest BCUT2D eigenvalue weighted by molar-refractivity contribution is -0.154. The molecule has 0 aliphatic rings. The summed E-state index contributed by atoms with van der Waals surface area (Å²) in [5, 5.41) is 1.23. The van der Waals surface area contributed by atoms with Gasteiger partial charge in [0.2, 0.25) is 0 Å². The molecule has 194 valence electrons. The second-order valence-corrected chi connectivity index (χ2v) is 9.06. The fraction of sp³-hybridized carbons (Fsp3) is 0.267. The zero-order valence-corrected chi connectivity index (χ0v) is 20.3. The van der Waals surface area contributed by atoms with Gasteiger partial charge in [-0.05, 0) is 77.4 Å². The second-order valence-electron chi connectivity index (χ2n) is 9.06. The first-order valence-corrected chi connectivity index (χ1v) is 12.1. The van der Waals surface area contributed by atoms with Crippen LogP contribution in [0.4, 0.5) is 26.3 Å². The van der Waals surface area contributed by atoms with Crippen LogP contribution in [0.1, 0.15) is 34.7 Å². The monoisotopic (exact) mass is 516 g/mol. The molecule has 0 radical (unpaired) electrons. The number of hydrogen-bond donors (Lipinski definition) is 0. The van der Waals surface area contributed by atoms with E-state index < -0.39 is 36.0 Å². The van der Waals surface area contributed by atoms with Crippen LogP contribution in [0.25, 0.3) is 10.8 Å². The summed E-state index contributed by atoms with van der Waals surface area (Å²) in [4.78, 5) is 0. The average molecular weight is 517 g/mol. The SMILES string of the molecule is CCc1ccc(CCc2ccc3c(F)c(CCc4cc(F)c(OCC(F)(F)F)c(F)c4)ccc3c2)cc1. The van der Waals surface area contributed by atoms with Crippen molar-refractivity contribution in [2.24, 2.45) is 0 Å². The first kappa shape index (κ1) is 26.6. The third-order valence-electron chi connectivity index (χ3n) is 6.35. The van der Waals surface area contributed by atoms with E-state index in [0.717, 1.165) is 42.3 Å². The Bertz CT molecular complexity index is 1350. The van der Waals surface area contributed by atoms with Crippen LogP contribution in [-0.4, -0.2) is 12.8 Å². The molecule has 0 bridgehead atoms. The van der Waals surface area contributed by atoms with E-state index in [1.54, 1.807) is 12.1 Å². The van der Waals surface area contributed by atoms with Crippen LogP contribution in [0.5, 0.6) is 5.75 Å². The van der Waals surface area contributed by atoms with Gasteiger partial charge in [-0.25, -0.2) is 13.2 Å². The molecule has 0 aromatic heterocycles. The quantitative estimate of drug-likeness (QED) is 0.203. The third-order valence-corrected chi connectivity index (χ3v) is 6.35. The molecule has 0 amide bonds. The Morgan fingerprint density at radius 2 is 1.24 bits per heavy atom. The largest absolute Gasteiger partial charge is 0.478 e. The maximum Gasteiger partial charge on any atom is 0.422 e. The predicted molar refractivity (Wildman–Crippen MR) is 132 cm³/mol. The highest BCUT2D eigenvalue weighted by molar-refractivity contribution is 5.84. The summed E-state index contributed by atoms with van der Waals surface area (Å²) in [6.45, 7) is 0.322. The molecule has 1 nitrogen and oxygen atoms in total. The van der Waals surface area contributed by atoms with Gasteiger partial charge in [0.1, 0.15) is 5.82 Å². The molecule has 0 heterocycles. The van der Waals surface area contributed by atoms with Crippen molar-refractivity contribution in [2.45, 2.75) is 45.2 Å². The van der Waals surface area contributed by atoms with Crippen LogP contribution in [-0.2, 0) is 32.1 Å². The van der Waals surface area contributed by atoms with E-state index in [0.29, 0.717) is 10.9 Å². The van der Waals surface area contributed by atoms with E-state index in [4.69, 9.17) is 0 Å². The van der Waals surface area contributed by atoms with E-state index in [9.17, 15) is 22.0 Å². The highest BCUT2D eigenvalue weighted by Gasteiger charge is 2.29. The van der Waals surface area contributed by atoms with Crippen molar-refractivity contribution in [1.29, 1.82) is 0 Å². The topological polar surface area (TPSA) is 9.23 Å². The molecule has 0 saturated carbocycles. The van der Waals surface area contributed by atoms with Gasteiger partial charge in [0.15, 0.2) is 24.0 Å². The maximum atomic E-state index is 15.2. The average Bonchev–Trinajstić information content (AvgIpc) is 2.86. The Morgan fingerprint density at radius 3 is 1.89 bits per heavy atom. The van der Waals surface area contributed by atoms with E-state index >= 15 is 4.39 Å². The van der Waals surface area contributed by atoms with Gasteiger partial charge >= 0.3 is 6.18 Å². The maximum absolute atomic E-state index is 15.2. The van der Waals surface area contributed by atoms with E-state index in [1.165, 1.54) is 11.1 Å². The van der Waals surface area contributed by atoms with Gasteiger partial charge < -0.3 is 4.74 Å². The van der Waals surface area contributed by atoms with Crippen LogP contribution in [0, 0.1) is 17.5 Å². The van der Waals surface area contributed by atoms with Gasteiger partial charge in [0.25, 0.3) is 0 Å². The van der Waals surface area contributed by atoms with Gasteiger partial charge in [-0.3, -0.25) is 0 Å². The summed E-state index contributed by atoms with van der Waals surface area (Å²) in [5.74, 6) is -3.93. The molecular weight excluding hydrogens is 490 g/mol. The minimum atomic E-state index is -4.72. The fourth-order valence-electron chi connectivity index (χ4n) is 4.29. The molecule has 0 atom stereocenters. The second kappa shape index (κ2) is 11.3. The van der Waals surface area contributed by atoms with E-state index in [1.807, 2.05) is 18.2 Å². The summed E-state index contributed by atoms with van der Waals surface area (Å²) in [6.07, 6.45) is -1.75. The van der Waals surface area contributed by atoms with Gasteiger partial charge in [-0.2, -0.15) is 13.2 Å². The van der Waals surface area contributed by atoms with Crippen LogP contribution in [0.3, 0.4) is 0 Å². The Kier molecular flexibility index (Phi) is 8.10. The molecular formula is C30H26F6O. The molecule has 0 saturated heterocycles. The highest BCUT2D eigenvalue weighted by atomic mass is 19.4. The predicted octanol–water partition coefficient (Wildman–Crippen LogP) is 8.33. The number of halogens is 6. The summed E-state index contributed by atoms with van der Waals surface area (Å²) in [5.41, 5.74) is 4.21. The number of benzene rings is 4. The van der Waals surface area contributed by atoms with Crippen molar-refractivity contribution >= 4 is 10.8 Å². The molecule has 0 spiro atoms. The Hall–Kier alpha value is -3.48. The molecule has 0 unspecified atom stereocenters. The number of hydrogen-bond acceptors (Lipinski definition) is 1. The molecule has 7 heteroatoms. The Morgan fingerprint density at radius 1 is 0.649 bits per heavy atom. The number of alkyl halides is 3. The molecule has 4 aromatic carbocycles. The molecule has 0 aliphatic heterocycles. The van der Waals surface area contributed by atoms with Crippen molar-refractivity contribution < 1.29 is 31.1 Å². The minimum absolute atomic E-state index is 0.102. The van der Waals surface area contributed by atoms with Crippen molar-refractivity contribution in [1.82, 2.24) is 0 Å². The lowest BCUT2D eigenvalue weighted by Gasteiger charge is -2.12. The number of aryl methyl sites for hydroxylation is 5. The fourth-order valence-corrected chi connectivity index (χ4v) is 4.29. The molecule has 0 aliphatic carbocycles. The summed E-state index contributed by atoms with van der Waals surface area (Å²) in [7, 11) is 0. The first-order chi connectivity index (χ1) is 17.6. The smallest absolute Gasteiger partial charge is 0.422 e. The lowest BCUT2D eigenvalue weighted by atomic mass is 9.97. The number of ether oxygens (including phenoxy) is 1. The van der Waals surface area contributed by atoms with E-state index in [2.05, 4.69) is 35.9 Å². The first-order valence-electron chi connectivity index (χ1n) is 12.1. The van der Waals surface area contributed by atoms with Crippen LogP contribution >= 0.6 is 0 Å². The Labute approximate surface area is 211 Å². The molecule has 4 rings (SSSR count). The normalized spacial score (nSPS) is 11.8. The lowest BCUT2D eigenvalue weighted by Crippen LogP contribution is -2.20. The van der Waals surface area contributed by atoms with Gasteiger partial charge in [-0.1, -0.05) is 61.5 Å². The third kappa shape index (κ3) is 6.85. The van der Waals surface area contributed by atoms with Crippen LogP contribution in [0.15, 0.2) is 66.7 Å². The zero-order valence-electron chi connectivity index (χ0n) is 20.3. The van der Waals surface area contributed by atoms with Crippen molar-refractivity contribution in [3.8, 4) is 5.75 Å². The molecule has 0 N–H and O–H groups in total. The standard InChI is InChI=1S/C30H26F6O/c1-2-19-3-5-20(6-4-19)7-8-21-10-14-25-24(15-21)13-12-23(28(25)33)11-9-22-16-26(31)29(27(32)17-22)37-18-30(34,35)36/h3-6,10,12-17H,2,7-9,11,18H2,1H3. The zero-order chi connectivity index (χ0) is 26.6. The van der Waals surface area contributed by atoms with Crippen molar-refractivity contribution in [3.05, 3.63) is 112 Å². The molecule has 0 fully saturated rings. The summed E-state index contributed by atoms with van der Waals surface area (Å²) >= 11 is 0. The van der Waals surface area contributed by atoms with Crippen LogP contribution < -0.4 is 4.74 Å². The summed E-state index contributed by atoms with van der Waals surface area (Å²) < 4.78 is 84.6. The van der Waals surface area contributed by atoms with Gasteiger partial charge in [0.05, 0.1) is 0 Å². The van der Waals surface area contributed by atoms with Crippen LogP contribution in [0.2, 0.25) is 0 Å². The number of rotatable bonds is 9. The van der Waals surface area contributed by atoms with Crippen molar-refractivity contribution in [3.63, 3.8) is 0 Å². The number of fused-ring (bicyclic) bond motifs is 1. The summed E-state index contributed by atoms with van der Waals surface area (Å²) in [6, 6.07) is 19.4.